The van der Waals surface area contributed by atoms with E-state index in [1.807, 2.05) is 0 Å². The van der Waals surface area contributed by atoms with Gasteiger partial charge in [-0.05, 0) is 49.9 Å². The summed E-state index contributed by atoms with van der Waals surface area (Å²) in [6.07, 6.45) is 3.80. The Bertz CT molecular complexity index is 498. The molecule has 0 N–H and O–H groups in total. The van der Waals surface area contributed by atoms with Crippen molar-refractivity contribution in [1.29, 1.82) is 0 Å². The molecule has 1 fully saturated rings. The zero-order valence-corrected chi connectivity index (χ0v) is 12.5. The first-order chi connectivity index (χ1) is 9.70. The lowest BCUT2D eigenvalue weighted by Gasteiger charge is -2.19. The largest absolute Gasteiger partial charge is 0.489 e. The number of hydrogen-bond donors (Lipinski definition) is 0. The van der Waals surface area contributed by atoms with Crippen LogP contribution in [0, 0.1) is 5.92 Å². The van der Waals surface area contributed by atoms with Gasteiger partial charge in [-0.15, -0.1) is 0 Å². The Morgan fingerprint density at radius 3 is 2.90 bits per heavy atom. The smallest absolute Gasteiger partial charge is 0.120 e. The lowest BCUT2D eigenvalue weighted by molar-refractivity contribution is 0.208. The van der Waals surface area contributed by atoms with E-state index in [1.54, 1.807) is 0 Å². The fraction of sp³-hybridized carbons (Fsp3) is 0.588. The van der Waals surface area contributed by atoms with E-state index < -0.39 is 0 Å². The van der Waals surface area contributed by atoms with E-state index in [-0.39, 0.29) is 0 Å². The van der Waals surface area contributed by atoms with Gasteiger partial charge in [-0.3, -0.25) is 4.99 Å². The number of ether oxygens (including phenoxy) is 1. The van der Waals surface area contributed by atoms with Gasteiger partial charge in [0.1, 0.15) is 11.9 Å². The van der Waals surface area contributed by atoms with Gasteiger partial charge in [0, 0.05) is 25.3 Å². The third kappa shape index (κ3) is 3.21. The molecule has 1 saturated heterocycles. The van der Waals surface area contributed by atoms with Gasteiger partial charge in [-0.2, -0.15) is 0 Å². The predicted molar refractivity (Wildman–Crippen MR) is 82.8 cm³/mol. The first-order valence-electron chi connectivity index (χ1n) is 7.69. The van der Waals surface area contributed by atoms with E-state index in [9.17, 15) is 0 Å². The lowest BCUT2D eigenvalue weighted by atomic mass is 9.96. The topological polar surface area (TPSA) is 24.8 Å². The van der Waals surface area contributed by atoms with Gasteiger partial charge in [0.15, 0.2) is 0 Å². The summed E-state index contributed by atoms with van der Waals surface area (Å²) in [7, 11) is 2.15. The number of benzene rings is 1. The summed E-state index contributed by atoms with van der Waals surface area (Å²) in [5.41, 5.74) is 2.48. The van der Waals surface area contributed by atoms with Crippen LogP contribution in [0.1, 0.15) is 31.7 Å². The maximum absolute atomic E-state index is 6.10. The van der Waals surface area contributed by atoms with Gasteiger partial charge in [-0.25, -0.2) is 0 Å². The molecule has 1 aromatic carbocycles. The molecular weight excluding hydrogens is 248 g/mol. The van der Waals surface area contributed by atoms with Crippen molar-refractivity contribution in [3.05, 3.63) is 29.8 Å². The van der Waals surface area contributed by atoms with E-state index in [0.29, 0.717) is 6.10 Å². The van der Waals surface area contributed by atoms with Crippen molar-refractivity contribution < 1.29 is 4.74 Å². The molecule has 0 radical (unpaired) electrons. The Labute approximate surface area is 121 Å². The van der Waals surface area contributed by atoms with Crippen LogP contribution in [0.3, 0.4) is 0 Å². The van der Waals surface area contributed by atoms with Gasteiger partial charge in [0.25, 0.3) is 0 Å². The Balaban J connectivity index is 1.70. The summed E-state index contributed by atoms with van der Waals surface area (Å²) in [4.78, 5) is 7.04. The SMILES string of the molecule is C[C@H]1CCC(c2cccc(OC3CCN(C)C3)c2)=NC1. The van der Waals surface area contributed by atoms with Gasteiger partial charge >= 0.3 is 0 Å². The Morgan fingerprint density at radius 2 is 2.20 bits per heavy atom. The number of likely N-dealkylation sites (tertiary alicyclic amines) is 1. The Kier molecular flexibility index (Phi) is 4.06. The van der Waals surface area contributed by atoms with Crippen molar-refractivity contribution in [1.82, 2.24) is 4.90 Å². The summed E-state index contributed by atoms with van der Waals surface area (Å²) in [6.45, 7) is 5.40. The first kappa shape index (κ1) is 13.6. The summed E-state index contributed by atoms with van der Waals surface area (Å²) < 4.78 is 6.10. The minimum atomic E-state index is 0.337. The fourth-order valence-corrected chi connectivity index (χ4v) is 2.99. The number of aliphatic imine (C=N–C) groups is 1. The van der Waals surface area contributed by atoms with Gasteiger partial charge in [-0.1, -0.05) is 19.1 Å². The molecule has 0 aromatic heterocycles. The molecule has 1 aromatic rings. The molecule has 0 spiro atoms. The van der Waals surface area contributed by atoms with Crippen molar-refractivity contribution in [3.63, 3.8) is 0 Å². The normalized spacial score (nSPS) is 27.4. The van der Waals surface area contributed by atoms with Crippen LogP contribution in [0.4, 0.5) is 0 Å². The van der Waals surface area contributed by atoms with Crippen LogP contribution < -0.4 is 4.74 Å². The second-order valence-electron chi connectivity index (χ2n) is 6.25. The fourth-order valence-electron chi connectivity index (χ4n) is 2.99. The van der Waals surface area contributed by atoms with Crippen molar-refractivity contribution >= 4 is 5.71 Å². The van der Waals surface area contributed by atoms with Crippen LogP contribution in [0.25, 0.3) is 0 Å². The highest BCUT2D eigenvalue weighted by atomic mass is 16.5. The molecule has 20 heavy (non-hydrogen) atoms. The molecule has 0 aliphatic carbocycles. The molecule has 0 bridgehead atoms. The van der Waals surface area contributed by atoms with Crippen molar-refractivity contribution in [2.75, 3.05) is 26.7 Å². The highest BCUT2D eigenvalue weighted by Crippen LogP contribution is 2.23. The van der Waals surface area contributed by atoms with Crippen LogP contribution in [0.2, 0.25) is 0 Å². The Hall–Kier alpha value is -1.35. The summed E-state index contributed by atoms with van der Waals surface area (Å²) in [6, 6.07) is 8.47. The quantitative estimate of drug-likeness (QED) is 0.845. The van der Waals surface area contributed by atoms with Gasteiger partial charge in [0.05, 0.1) is 0 Å². The van der Waals surface area contributed by atoms with Gasteiger partial charge < -0.3 is 9.64 Å². The number of nitrogens with zero attached hydrogens (tertiary/aromatic N) is 2. The third-order valence-electron chi connectivity index (χ3n) is 4.29. The molecular formula is C17H24N2O. The van der Waals surface area contributed by atoms with Gasteiger partial charge in [0.2, 0.25) is 0 Å². The average Bonchev–Trinajstić information content (AvgIpc) is 2.85. The monoisotopic (exact) mass is 272 g/mol. The molecule has 2 atom stereocenters. The second kappa shape index (κ2) is 5.96. The second-order valence-corrected chi connectivity index (χ2v) is 6.25. The molecule has 108 valence electrons. The number of likely N-dealkylation sites (N-methyl/N-ethyl adjacent to an activating group) is 1. The van der Waals surface area contributed by atoms with Crippen molar-refractivity contribution in [2.24, 2.45) is 10.9 Å². The molecule has 3 nitrogen and oxygen atoms in total. The zero-order chi connectivity index (χ0) is 13.9. The number of hydrogen-bond acceptors (Lipinski definition) is 3. The molecule has 3 rings (SSSR count). The maximum Gasteiger partial charge on any atom is 0.120 e. The molecule has 2 aliphatic rings. The average molecular weight is 272 g/mol. The lowest BCUT2D eigenvalue weighted by Crippen LogP contribution is -2.21. The molecule has 2 aliphatic heterocycles. The summed E-state index contributed by atoms with van der Waals surface area (Å²) in [5.74, 6) is 1.72. The summed E-state index contributed by atoms with van der Waals surface area (Å²) >= 11 is 0. The van der Waals surface area contributed by atoms with Crippen molar-refractivity contribution in [3.8, 4) is 5.75 Å². The van der Waals surface area contributed by atoms with E-state index >= 15 is 0 Å². The summed E-state index contributed by atoms with van der Waals surface area (Å²) in [5, 5.41) is 0. The molecule has 0 saturated carbocycles. The van der Waals surface area contributed by atoms with E-state index in [1.165, 1.54) is 17.7 Å². The van der Waals surface area contributed by atoms with Crippen LogP contribution in [-0.4, -0.2) is 43.4 Å². The maximum atomic E-state index is 6.10. The predicted octanol–water partition coefficient (Wildman–Crippen LogP) is 2.99. The first-order valence-corrected chi connectivity index (χ1v) is 7.69. The highest BCUT2D eigenvalue weighted by Gasteiger charge is 2.21. The number of rotatable bonds is 3. The molecule has 2 heterocycles. The van der Waals surface area contributed by atoms with Crippen LogP contribution in [0.15, 0.2) is 29.3 Å². The van der Waals surface area contributed by atoms with E-state index in [4.69, 9.17) is 9.73 Å². The highest BCUT2D eigenvalue weighted by molar-refractivity contribution is 6.01. The molecule has 3 heteroatoms. The van der Waals surface area contributed by atoms with Crippen molar-refractivity contribution in [2.45, 2.75) is 32.3 Å². The van der Waals surface area contributed by atoms with E-state index in [2.05, 4.69) is 43.1 Å². The Morgan fingerprint density at radius 1 is 1.30 bits per heavy atom. The minimum absolute atomic E-state index is 0.337. The molecule has 0 amide bonds. The van der Waals surface area contributed by atoms with Crippen LogP contribution in [-0.2, 0) is 0 Å². The van der Waals surface area contributed by atoms with E-state index in [0.717, 1.165) is 44.1 Å². The van der Waals surface area contributed by atoms with Crippen LogP contribution in [0.5, 0.6) is 5.75 Å². The third-order valence-corrected chi connectivity index (χ3v) is 4.29. The zero-order valence-electron chi connectivity index (χ0n) is 12.5. The van der Waals surface area contributed by atoms with Crippen LogP contribution >= 0.6 is 0 Å². The standard InChI is InChI=1S/C17H24N2O/c1-13-6-7-17(18-11-13)14-4-3-5-15(10-14)20-16-8-9-19(2)12-16/h3-5,10,13,16H,6-9,11-12H2,1-2H3/t13-,16?/m0/s1. The minimum Gasteiger partial charge on any atom is -0.489 e. The molecule has 1 unspecified atom stereocenters.